The third-order valence-electron chi connectivity index (χ3n) is 2.00. The Hall–Kier alpha value is -1.46. The van der Waals surface area contributed by atoms with Crippen LogP contribution >= 0.6 is 0 Å². The van der Waals surface area contributed by atoms with E-state index >= 15 is 0 Å². The van der Waals surface area contributed by atoms with Gasteiger partial charge in [0.05, 0.1) is 11.9 Å². The van der Waals surface area contributed by atoms with Crippen molar-refractivity contribution in [2.75, 3.05) is 23.7 Å². The highest BCUT2D eigenvalue weighted by Gasteiger charge is 2.30. The van der Waals surface area contributed by atoms with E-state index in [0.717, 1.165) is 0 Å². The molecule has 0 aliphatic heterocycles. The number of alkyl halides is 3. The van der Waals surface area contributed by atoms with Crippen LogP contribution in [0.4, 0.5) is 24.7 Å². The van der Waals surface area contributed by atoms with E-state index in [1.165, 1.54) is 17.2 Å². The van der Waals surface area contributed by atoms with Crippen LogP contribution in [0.3, 0.4) is 0 Å². The normalized spacial score (nSPS) is 11.5. The Morgan fingerprint density at radius 1 is 1.38 bits per heavy atom. The average molecular weight is 233 g/mol. The number of pyridine rings is 1. The van der Waals surface area contributed by atoms with Gasteiger partial charge in [-0.2, -0.15) is 13.2 Å². The van der Waals surface area contributed by atoms with Crippen molar-refractivity contribution in [3.63, 3.8) is 0 Å². The molecule has 0 amide bonds. The number of nitrogens with zero attached hydrogens (tertiary/aromatic N) is 2. The molecule has 0 saturated carbocycles. The standard InChI is InChI=1S/C10H14F3N3/c1-2-5-16(7-10(11,12)13)8-3-4-9(14)15-6-8/h3-4,6H,2,5,7H2,1H3,(H2,14,15). The maximum atomic E-state index is 12.3. The third kappa shape index (κ3) is 3.96. The zero-order valence-corrected chi connectivity index (χ0v) is 8.96. The summed E-state index contributed by atoms with van der Waals surface area (Å²) < 4.78 is 36.9. The second-order valence-corrected chi connectivity index (χ2v) is 3.48. The van der Waals surface area contributed by atoms with Crippen LogP contribution in [-0.2, 0) is 0 Å². The molecule has 1 rings (SSSR count). The average Bonchev–Trinajstić information content (AvgIpc) is 2.16. The van der Waals surface area contributed by atoms with Crippen LogP contribution in [0, 0.1) is 0 Å². The maximum absolute atomic E-state index is 12.3. The third-order valence-corrected chi connectivity index (χ3v) is 2.00. The number of rotatable bonds is 4. The van der Waals surface area contributed by atoms with Crippen molar-refractivity contribution >= 4 is 11.5 Å². The summed E-state index contributed by atoms with van der Waals surface area (Å²) in [5.74, 6) is 0.298. The summed E-state index contributed by atoms with van der Waals surface area (Å²) in [7, 11) is 0. The van der Waals surface area contributed by atoms with E-state index in [9.17, 15) is 13.2 Å². The molecule has 1 heterocycles. The van der Waals surface area contributed by atoms with Crippen LogP contribution in [-0.4, -0.2) is 24.2 Å². The van der Waals surface area contributed by atoms with Crippen molar-refractivity contribution in [3.8, 4) is 0 Å². The minimum Gasteiger partial charge on any atom is -0.384 e. The summed E-state index contributed by atoms with van der Waals surface area (Å²) in [6.07, 6.45) is -2.21. The lowest BCUT2D eigenvalue weighted by molar-refractivity contribution is -0.119. The maximum Gasteiger partial charge on any atom is 0.405 e. The monoisotopic (exact) mass is 233 g/mol. The Morgan fingerprint density at radius 3 is 2.50 bits per heavy atom. The Bertz CT molecular complexity index is 321. The smallest absolute Gasteiger partial charge is 0.384 e. The van der Waals surface area contributed by atoms with E-state index in [1.54, 1.807) is 6.07 Å². The van der Waals surface area contributed by atoms with Crippen LogP contribution in [0.1, 0.15) is 13.3 Å². The van der Waals surface area contributed by atoms with Gasteiger partial charge in [0, 0.05) is 6.54 Å². The molecule has 0 aromatic carbocycles. The highest BCUT2D eigenvalue weighted by molar-refractivity contribution is 5.48. The summed E-state index contributed by atoms with van der Waals surface area (Å²) >= 11 is 0. The van der Waals surface area contributed by atoms with Gasteiger partial charge in [0.1, 0.15) is 12.4 Å². The molecule has 0 aliphatic rings. The fourth-order valence-electron chi connectivity index (χ4n) is 1.37. The molecule has 0 spiro atoms. The van der Waals surface area contributed by atoms with Crippen molar-refractivity contribution < 1.29 is 13.2 Å². The fraction of sp³-hybridized carbons (Fsp3) is 0.500. The first-order valence-electron chi connectivity index (χ1n) is 4.95. The Kier molecular flexibility index (Phi) is 3.98. The number of hydrogen-bond donors (Lipinski definition) is 1. The molecule has 0 fully saturated rings. The van der Waals surface area contributed by atoms with Crippen molar-refractivity contribution in [3.05, 3.63) is 18.3 Å². The van der Waals surface area contributed by atoms with E-state index < -0.39 is 12.7 Å². The first-order valence-corrected chi connectivity index (χ1v) is 4.95. The highest BCUT2D eigenvalue weighted by Crippen LogP contribution is 2.22. The first kappa shape index (κ1) is 12.6. The van der Waals surface area contributed by atoms with Gasteiger partial charge in [-0.1, -0.05) is 6.92 Å². The van der Waals surface area contributed by atoms with Gasteiger partial charge in [-0.15, -0.1) is 0 Å². The van der Waals surface area contributed by atoms with Crippen molar-refractivity contribution in [1.29, 1.82) is 0 Å². The number of nitrogens with two attached hydrogens (primary N) is 1. The Labute approximate surface area is 92.1 Å². The fourth-order valence-corrected chi connectivity index (χ4v) is 1.37. The number of nitrogen functional groups attached to an aromatic ring is 1. The molecule has 0 bridgehead atoms. The van der Waals surface area contributed by atoms with E-state index in [0.29, 0.717) is 24.5 Å². The highest BCUT2D eigenvalue weighted by atomic mass is 19.4. The van der Waals surface area contributed by atoms with Crippen LogP contribution in [0.5, 0.6) is 0 Å². The SMILES string of the molecule is CCCN(CC(F)(F)F)c1ccc(N)nc1. The van der Waals surface area contributed by atoms with Gasteiger partial charge in [-0.3, -0.25) is 0 Å². The predicted molar refractivity (Wildman–Crippen MR) is 57.2 cm³/mol. The summed E-state index contributed by atoms with van der Waals surface area (Å²) in [5.41, 5.74) is 5.81. The van der Waals surface area contributed by atoms with E-state index in [2.05, 4.69) is 4.98 Å². The molecule has 1 aromatic heterocycles. The van der Waals surface area contributed by atoms with Gasteiger partial charge in [0.2, 0.25) is 0 Å². The molecule has 16 heavy (non-hydrogen) atoms. The summed E-state index contributed by atoms with van der Waals surface area (Å²) in [4.78, 5) is 5.02. The van der Waals surface area contributed by atoms with Crippen LogP contribution in [0.15, 0.2) is 18.3 Å². The van der Waals surface area contributed by atoms with Crippen LogP contribution in [0.25, 0.3) is 0 Å². The molecule has 0 aliphatic carbocycles. The van der Waals surface area contributed by atoms with Crippen molar-refractivity contribution in [2.24, 2.45) is 0 Å². The molecular formula is C10H14F3N3. The lowest BCUT2D eigenvalue weighted by Crippen LogP contribution is -2.34. The van der Waals surface area contributed by atoms with Gasteiger partial charge in [-0.25, -0.2) is 4.98 Å². The summed E-state index contributed by atoms with van der Waals surface area (Å²) in [6, 6.07) is 3.04. The van der Waals surface area contributed by atoms with Gasteiger partial charge in [0.15, 0.2) is 0 Å². The molecule has 3 nitrogen and oxygen atoms in total. The molecule has 0 saturated heterocycles. The molecule has 6 heteroatoms. The first-order chi connectivity index (χ1) is 7.42. The second-order valence-electron chi connectivity index (χ2n) is 3.48. The van der Waals surface area contributed by atoms with E-state index in [1.807, 2.05) is 6.92 Å². The van der Waals surface area contributed by atoms with Gasteiger partial charge >= 0.3 is 6.18 Å². The minimum atomic E-state index is -4.21. The van der Waals surface area contributed by atoms with Crippen molar-refractivity contribution in [1.82, 2.24) is 4.98 Å². The molecule has 0 atom stereocenters. The number of aromatic nitrogens is 1. The van der Waals surface area contributed by atoms with Crippen LogP contribution < -0.4 is 10.6 Å². The summed E-state index contributed by atoms with van der Waals surface area (Å²) in [5, 5.41) is 0. The number of halogens is 3. The van der Waals surface area contributed by atoms with Crippen molar-refractivity contribution in [2.45, 2.75) is 19.5 Å². The second kappa shape index (κ2) is 5.05. The van der Waals surface area contributed by atoms with Gasteiger partial charge in [-0.05, 0) is 18.6 Å². The van der Waals surface area contributed by atoms with E-state index in [-0.39, 0.29) is 0 Å². The molecule has 1 aromatic rings. The van der Waals surface area contributed by atoms with Gasteiger partial charge < -0.3 is 10.6 Å². The Morgan fingerprint density at radius 2 is 2.06 bits per heavy atom. The predicted octanol–water partition coefficient (Wildman–Crippen LogP) is 2.44. The van der Waals surface area contributed by atoms with E-state index in [4.69, 9.17) is 5.73 Å². The number of anilines is 2. The topological polar surface area (TPSA) is 42.1 Å². The molecule has 90 valence electrons. The molecule has 0 radical (unpaired) electrons. The zero-order chi connectivity index (χ0) is 12.2. The minimum absolute atomic E-state index is 0.298. The number of hydrogen-bond acceptors (Lipinski definition) is 3. The van der Waals surface area contributed by atoms with Gasteiger partial charge in [0.25, 0.3) is 0 Å². The quantitative estimate of drug-likeness (QED) is 0.868. The molecule has 0 unspecified atom stereocenters. The zero-order valence-electron chi connectivity index (χ0n) is 8.96. The lowest BCUT2D eigenvalue weighted by Gasteiger charge is -2.25. The molecule has 2 N–H and O–H groups in total. The molecular weight excluding hydrogens is 219 g/mol. The Balaban J connectivity index is 2.80. The lowest BCUT2D eigenvalue weighted by atomic mass is 10.3. The summed E-state index contributed by atoms with van der Waals surface area (Å²) in [6.45, 7) is 1.20. The van der Waals surface area contributed by atoms with Crippen LogP contribution in [0.2, 0.25) is 0 Å². The largest absolute Gasteiger partial charge is 0.405 e.